The molecular formula is C15H16F9N5O. The molecule has 3 atom stereocenters. The van der Waals surface area contributed by atoms with Crippen molar-refractivity contribution in [2.24, 2.45) is 0 Å². The highest BCUT2D eigenvalue weighted by molar-refractivity contribution is 5.40. The fourth-order valence-electron chi connectivity index (χ4n) is 2.37. The molecule has 3 N–H and O–H groups in total. The first-order valence-electron chi connectivity index (χ1n) is 8.38. The van der Waals surface area contributed by atoms with Crippen LogP contribution >= 0.6 is 0 Å². The van der Waals surface area contributed by atoms with Gasteiger partial charge in [-0.25, -0.2) is 13.2 Å². The molecule has 0 saturated carbocycles. The molecule has 0 radical (unpaired) electrons. The van der Waals surface area contributed by atoms with E-state index in [4.69, 9.17) is 0 Å². The molecule has 0 amide bonds. The first-order valence-corrected chi connectivity index (χ1v) is 8.38. The van der Waals surface area contributed by atoms with E-state index in [0.29, 0.717) is 19.9 Å². The van der Waals surface area contributed by atoms with Gasteiger partial charge in [-0.05, 0) is 26.3 Å². The summed E-state index contributed by atoms with van der Waals surface area (Å²) >= 11 is 0. The van der Waals surface area contributed by atoms with Gasteiger partial charge in [0.1, 0.15) is 17.9 Å². The van der Waals surface area contributed by atoms with Crippen molar-refractivity contribution >= 4 is 11.9 Å². The third-order valence-corrected chi connectivity index (χ3v) is 4.29. The van der Waals surface area contributed by atoms with Gasteiger partial charge in [0.05, 0.1) is 0 Å². The predicted octanol–water partition coefficient (Wildman–Crippen LogP) is 4.07. The normalized spacial score (nSPS) is 24.1. The van der Waals surface area contributed by atoms with E-state index in [-0.39, 0.29) is 0 Å². The third-order valence-electron chi connectivity index (χ3n) is 4.29. The van der Waals surface area contributed by atoms with Gasteiger partial charge in [0.2, 0.25) is 17.5 Å². The van der Waals surface area contributed by atoms with Crippen molar-refractivity contribution in [2.75, 3.05) is 10.6 Å². The minimum atomic E-state index is -4.86. The van der Waals surface area contributed by atoms with Crippen LogP contribution in [0.25, 0.3) is 0 Å². The Hall–Kier alpha value is -2.32. The summed E-state index contributed by atoms with van der Waals surface area (Å²) in [5, 5.41) is 13.7. The zero-order valence-electron chi connectivity index (χ0n) is 15.3. The largest absolute Gasteiger partial charge is 0.408 e. The number of allylic oxidation sites excluding steroid dienone is 1. The average molecular weight is 453 g/mol. The second-order valence-electron chi connectivity index (χ2n) is 6.63. The van der Waals surface area contributed by atoms with Gasteiger partial charge in [0.15, 0.2) is 5.82 Å². The van der Waals surface area contributed by atoms with Gasteiger partial charge in [-0.2, -0.15) is 41.3 Å². The molecule has 0 fully saturated rings. The minimum absolute atomic E-state index is 0.474. The van der Waals surface area contributed by atoms with E-state index in [9.17, 15) is 44.6 Å². The molecule has 30 heavy (non-hydrogen) atoms. The lowest BCUT2D eigenvalue weighted by atomic mass is 9.85. The van der Waals surface area contributed by atoms with Crippen molar-refractivity contribution in [1.82, 2.24) is 15.0 Å². The van der Waals surface area contributed by atoms with Gasteiger partial charge in [0.25, 0.3) is 5.92 Å². The molecule has 0 aromatic carbocycles. The number of rotatable bonds is 5. The molecular weight excluding hydrogens is 437 g/mol. The summed E-state index contributed by atoms with van der Waals surface area (Å²) in [6.45, 7) is 1.19. The van der Waals surface area contributed by atoms with Crippen LogP contribution in [0.15, 0.2) is 11.9 Å². The van der Waals surface area contributed by atoms with Crippen LogP contribution in [0.5, 0.6) is 0 Å². The topological polar surface area (TPSA) is 83.0 Å². The van der Waals surface area contributed by atoms with E-state index < -0.39 is 72.3 Å². The van der Waals surface area contributed by atoms with Crippen LogP contribution in [-0.4, -0.2) is 50.4 Å². The molecule has 1 aromatic rings. The molecule has 1 aliphatic rings. The zero-order valence-corrected chi connectivity index (χ0v) is 15.3. The highest BCUT2D eigenvalue weighted by atomic mass is 19.4. The molecule has 0 aliphatic heterocycles. The Balaban J connectivity index is 2.59. The van der Waals surface area contributed by atoms with Crippen LogP contribution in [0, 0.1) is 0 Å². The van der Waals surface area contributed by atoms with Crippen LogP contribution in [-0.2, 0) is 5.60 Å². The number of aromatic nitrogens is 3. The lowest BCUT2D eigenvalue weighted by Crippen LogP contribution is -2.49. The Bertz CT molecular complexity index is 770. The van der Waals surface area contributed by atoms with Gasteiger partial charge in [-0.15, -0.1) is 0 Å². The van der Waals surface area contributed by atoms with Gasteiger partial charge < -0.3 is 15.7 Å². The second-order valence-corrected chi connectivity index (χ2v) is 6.63. The Morgan fingerprint density at radius 2 is 1.37 bits per heavy atom. The maximum absolute atomic E-state index is 14.3. The van der Waals surface area contributed by atoms with Crippen LogP contribution < -0.4 is 10.6 Å². The predicted molar refractivity (Wildman–Crippen MR) is 85.4 cm³/mol. The fourth-order valence-corrected chi connectivity index (χ4v) is 2.37. The lowest BCUT2D eigenvalue weighted by molar-refractivity contribution is -0.187. The van der Waals surface area contributed by atoms with Crippen LogP contribution in [0.2, 0.25) is 0 Å². The van der Waals surface area contributed by atoms with Crippen molar-refractivity contribution in [1.29, 1.82) is 0 Å². The summed E-state index contributed by atoms with van der Waals surface area (Å²) < 4.78 is 120. The molecule has 6 nitrogen and oxygen atoms in total. The molecule has 0 spiro atoms. The number of hydrogen-bond donors (Lipinski definition) is 3. The van der Waals surface area contributed by atoms with E-state index in [1.165, 1.54) is 0 Å². The lowest BCUT2D eigenvalue weighted by Gasteiger charge is -2.36. The van der Waals surface area contributed by atoms with Crippen LogP contribution in [0.4, 0.5) is 51.4 Å². The van der Waals surface area contributed by atoms with Gasteiger partial charge in [-0.3, -0.25) is 0 Å². The van der Waals surface area contributed by atoms with Crippen molar-refractivity contribution in [3.63, 3.8) is 0 Å². The molecule has 0 bridgehead atoms. The summed E-state index contributed by atoms with van der Waals surface area (Å²) in [5.41, 5.74) is -3.80. The Morgan fingerprint density at radius 3 is 1.73 bits per heavy atom. The first-order chi connectivity index (χ1) is 13.5. The van der Waals surface area contributed by atoms with Gasteiger partial charge >= 0.3 is 12.4 Å². The number of hydrogen-bond acceptors (Lipinski definition) is 6. The van der Waals surface area contributed by atoms with E-state index in [1.54, 1.807) is 10.6 Å². The van der Waals surface area contributed by atoms with Crippen molar-refractivity contribution in [3.05, 3.63) is 17.7 Å². The third kappa shape index (κ3) is 4.70. The highest BCUT2D eigenvalue weighted by Crippen LogP contribution is 2.48. The molecule has 15 heteroatoms. The maximum Gasteiger partial charge on any atom is 0.408 e. The average Bonchev–Trinajstić information content (AvgIpc) is 2.57. The number of alkyl halides is 8. The standard InChI is InChI=1S/C15H16F9N5O/c1-6(14(19,20)21)25-10-27-9(13(30)8(16)4-3-5-12(13,17)18)28-11(29-10)26-7(2)15(22,23)24/h4,6-7,30H,3,5H2,1-2H3,(H2,25,26,27,28,29)/t6-,7-,13?/m1/s1. The van der Waals surface area contributed by atoms with Crippen molar-refractivity contribution in [2.45, 2.75) is 62.6 Å². The number of nitrogens with zero attached hydrogens (tertiary/aromatic N) is 3. The summed E-state index contributed by atoms with van der Waals surface area (Å²) in [6, 6.07) is -4.72. The maximum atomic E-state index is 14.3. The summed E-state index contributed by atoms with van der Waals surface area (Å²) in [6.07, 6.45) is -10.7. The van der Waals surface area contributed by atoms with Crippen LogP contribution in [0.3, 0.4) is 0 Å². The summed E-state index contributed by atoms with van der Waals surface area (Å²) in [7, 11) is 0. The molecule has 1 aromatic heterocycles. The molecule has 2 rings (SSSR count). The molecule has 1 unspecified atom stereocenters. The minimum Gasteiger partial charge on any atom is -0.370 e. The number of anilines is 2. The zero-order chi connectivity index (χ0) is 23.1. The Morgan fingerprint density at radius 1 is 0.933 bits per heavy atom. The molecule has 1 aliphatic carbocycles. The van der Waals surface area contributed by atoms with E-state index in [1.807, 2.05) is 0 Å². The SMILES string of the molecule is C[C@@H](Nc1nc(N[C@H](C)C(F)(F)F)nc(C2(O)C(F)=CCCC2(F)F)n1)C(F)(F)F. The van der Waals surface area contributed by atoms with E-state index >= 15 is 0 Å². The van der Waals surface area contributed by atoms with Crippen molar-refractivity contribution in [3.8, 4) is 0 Å². The summed E-state index contributed by atoms with van der Waals surface area (Å²) in [4.78, 5) is 9.76. The number of halogens is 9. The van der Waals surface area contributed by atoms with Crippen molar-refractivity contribution < 1.29 is 44.6 Å². The van der Waals surface area contributed by atoms with E-state index in [0.717, 1.165) is 0 Å². The second kappa shape index (κ2) is 7.74. The van der Waals surface area contributed by atoms with Crippen LogP contribution in [0.1, 0.15) is 32.5 Å². The van der Waals surface area contributed by atoms with Gasteiger partial charge in [-0.1, -0.05) is 0 Å². The molecule has 170 valence electrons. The Labute approximate surface area is 163 Å². The molecule has 0 saturated heterocycles. The Kier molecular flexibility index (Phi) is 6.18. The summed E-state index contributed by atoms with van der Waals surface area (Å²) in [5.74, 6) is -9.64. The fraction of sp³-hybridized carbons (Fsp3) is 0.667. The number of aliphatic hydroxyl groups is 1. The first kappa shape index (κ1) is 24.0. The highest BCUT2D eigenvalue weighted by Gasteiger charge is 2.61. The van der Waals surface area contributed by atoms with E-state index in [2.05, 4.69) is 15.0 Å². The quantitative estimate of drug-likeness (QED) is 0.584. The molecule has 1 heterocycles. The van der Waals surface area contributed by atoms with Gasteiger partial charge in [0, 0.05) is 6.42 Å². The number of nitrogens with one attached hydrogen (secondary N) is 2. The monoisotopic (exact) mass is 453 g/mol. The smallest absolute Gasteiger partial charge is 0.370 e.